The van der Waals surface area contributed by atoms with Crippen molar-refractivity contribution in [3.05, 3.63) is 178 Å². The molecule has 0 saturated heterocycles. The largest absolute Gasteiger partial charge is 0.184 e. The van der Waals surface area contributed by atoms with E-state index in [4.69, 9.17) is 17.0 Å². The van der Waals surface area contributed by atoms with Gasteiger partial charge in [-0.25, -0.2) is 0 Å². The van der Waals surface area contributed by atoms with Crippen LogP contribution in [-0.4, -0.2) is 9.52 Å². The van der Waals surface area contributed by atoms with Gasteiger partial charge in [-0.15, -0.1) is 74.6 Å². The third kappa shape index (κ3) is 12.4. The number of rotatable bonds is 8. The molecule has 0 bridgehead atoms. The van der Waals surface area contributed by atoms with E-state index in [1.54, 1.807) is 0 Å². The molecule has 0 saturated carbocycles. The standard InChI is InChI=1S/2C24H29.C12H7Si.2ClH.Zr/c2*1-15(2)9-19-13-20-7-8-22(16(3)4)24(23(20)14-19)21-11-17(5)10-18(6)12-21;1-3-7-11-9(5-1)10-6-2-4-8-12(10)13-11;;;/h2*7-8,10-16H,9H2,1-6H3;1-7H;2*1H;/q3*-1;;;+2/p-2. The van der Waals surface area contributed by atoms with Crippen LogP contribution in [0.4, 0.5) is 0 Å². The third-order valence-electron chi connectivity index (χ3n) is 11.8. The van der Waals surface area contributed by atoms with E-state index >= 15 is 0 Å². The Hall–Kier alpha value is -3.78. The van der Waals surface area contributed by atoms with E-state index < -0.39 is 20.8 Å². The van der Waals surface area contributed by atoms with Gasteiger partial charge in [-0.05, 0) is 75.3 Å². The van der Waals surface area contributed by atoms with E-state index in [2.05, 4.69) is 210 Å². The van der Waals surface area contributed by atoms with Crippen LogP contribution in [0.1, 0.15) is 112 Å². The molecule has 0 unspecified atom stereocenters. The molecule has 1 aliphatic rings. The van der Waals surface area contributed by atoms with Gasteiger partial charge in [0.1, 0.15) is 0 Å². The Morgan fingerprint density at radius 1 is 0.531 bits per heavy atom. The molecule has 0 spiro atoms. The van der Waals surface area contributed by atoms with Gasteiger partial charge in [-0.2, -0.15) is 41.6 Å². The zero-order valence-corrected chi connectivity index (χ0v) is 45.1. The number of hydrogen-bond acceptors (Lipinski definition) is 0. The zero-order chi connectivity index (χ0) is 46.2. The van der Waals surface area contributed by atoms with Gasteiger partial charge in [-0.3, -0.25) is 0 Å². The fourth-order valence-corrected chi connectivity index (χ4v) is 10.8. The Kier molecular flexibility index (Phi) is 17.5. The zero-order valence-electron chi connectivity index (χ0n) is 40.1. The summed E-state index contributed by atoms with van der Waals surface area (Å²) in [7, 11) is 10.7. The van der Waals surface area contributed by atoms with Gasteiger partial charge in [0.25, 0.3) is 0 Å². The van der Waals surface area contributed by atoms with E-state index in [-0.39, 0.29) is 0 Å². The predicted molar refractivity (Wildman–Crippen MR) is 282 cm³/mol. The molecule has 2 radical (unpaired) electrons. The van der Waals surface area contributed by atoms with Crippen LogP contribution in [0.25, 0.3) is 54.9 Å². The minimum atomic E-state index is -0.826. The topological polar surface area (TPSA) is 0 Å². The summed E-state index contributed by atoms with van der Waals surface area (Å²) >= 11 is -0.826. The van der Waals surface area contributed by atoms with Gasteiger partial charge in [0.15, 0.2) is 0 Å². The summed E-state index contributed by atoms with van der Waals surface area (Å²) in [4.78, 5) is 0. The minimum Gasteiger partial charge on any atom is -0.184 e. The predicted octanol–water partition coefficient (Wildman–Crippen LogP) is 16.8. The summed E-state index contributed by atoms with van der Waals surface area (Å²) in [6.07, 6.45) is 2.30. The fraction of sp³-hybridized carbons (Fsp3) is 0.300. The van der Waals surface area contributed by atoms with E-state index in [9.17, 15) is 0 Å². The second-order valence-electron chi connectivity index (χ2n) is 19.3. The molecule has 0 N–H and O–H groups in total. The maximum absolute atomic E-state index is 4.93. The molecule has 330 valence electrons. The molecule has 0 aliphatic carbocycles. The van der Waals surface area contributed by atoms with Crippen LogP contribution in [0.2, 0.25) is 0 Å². The average molecular weight is 976 g/mol. The van der Waals surface area contributed by atoms with Crippen molar-refractivity contribution >= 4 is 58.5 Å². The molecule has 9 rings (SSSR count). The molecule has 0 aromatic heterocycles. The van der Waals surface area contributed by atoms with Crippen LogP contribution in [0.15, 0.2) is 127 Å². The maximum atomic E-state index is 4.93. The number of aryl methyl sites for hydroxylation is 4. The van der Waals surface area contributed by atoms with Crippen molar-refractivity contribution in [1.82, 2.24) is 0 Å². The van der Waals surface area contributed by atoms with Crippen molar-refractivity contribution in [2.24, 2.45) is 11.8 Å². The molecule has 0 atom stereocenters. The average Bonchev–Trinajstić information content (AvgIpc) is 3.94. The maximum Gasteiger partial charge on any atom is 0.0920 e. The van der Waals surface area contributed by atoms with Crippen LogP contribution in [-0.2, 0) is 33.7 Å². The van der Waals surface area contributed by atoms with Crippen molar-refractivity contribution in [2.45, 2.75) is 108 Å². The molecular weight excluding hydrogens is 911 g/mol. The fourth-order valence-electron chi connectivity index (χ4n) is 9.47. The molecule has 1 heterocycles. The van der Waals surface area contributed by atoms with Crippen molar-refractivity contribution in [3.63, 3.8) is 0 Å². The normalized spacial score (nSPS) is 11.6. The summed E-state index contributed by atoms with van der Waals surface area (Å²) in [5.74, 6) is 2.43. The van der Waals surface area contributed by atoms with Crippen molar-refractivity contribution < 1.29 is 20.8 Å². The van der Waals surface area contributed by atoms with Crippen LogP contribution < -0.4 is 10.4 Å². The Labute approximate surface area is 407 Å². The van der Waals surface area contributed by atoms with Crippen molar-refractivity contribution in [2.75, 3.05) is 0 Å². The van der Waals surface area contributed by atoms with Gasteiger partial charge < -0.3 is 0 Å². The molecule has 4 heteroatoms. The number of benzene rings is 6. The first-order valence-electron chi connectivity index (χ1n) is 23.0. The summed E-state index contributed by atoms with van der Waals surface area (Å²) in [5, 5.41) is 8.42. The summed E-state index contributed by atoms with van der Waals surface area (Å²) < 4.78 is 0. The summed E-state index contributed by atoms with van der Waals surface area (Å²) in [5.41, 5.74) is 19.6. The van der Waals surface area contributed by atoms with Crippen LogP contribution in [0, 0.1) is 45.6 Å². The third-order valence-corrected chi connectivity index (χ3v) is 13.2. The molecule has 8 aromatic carbocycles. The quantitative estimate of drug-likeness (QED) is 0.105. The molecule has 0 fully saturated rings. The SMILES string of the molecule is Cc1cc(C)cc(-c2c(C(C)C)ccc3[cH-]c(CC(C)C)cc23)c1.Cc1cc(C)cc(-c2c(C(C)C)ccc3[cH-]c(CC(C)C)cc23)c1.[Cl][Zr][Cl].[c-]1cccc2c1[Si]c1ccccc1-2. The summed E-state index contributed by atoms with van der Waals surface area (Å²) in [6, 6.07) is 50.9. The van der Waals surface area contributed by atoms with Gasteiger partial charge in [-0.1, -0.05) is 171 Å². The van der Waals surface area contributed by atoms with Gasteiger partial charge in [0.2, 0.25) is 0 Å². The monoisotopic (exact) mass is 973 g/mol. The number of fused-ring (bicyclic) bond motifs is 5. The Balaban J connectivity index is 0.000000160. The Morgan fingerprint density at radius 3 is 1.38 bits per heavy atom. The molecule has 1 aliphatic heterocycles. The molecular formula is C60H65Cl2SiZr-3. The number of halogens is 2. The van der Waals surface area contributed by atoms with E-state index in [0.29, 0.717) is 23.7 Å². The smallest absolute Gasteiger partial charge is 0.0920 e. The van der Waals surface area contributed by atoms with Crippen LogP contribution >= 0.6 is 17.0 Å². The van der Waals surface area contributed by atoms with Gasteiger partial charge >= 0.3 is 37.9 Å². The van der Waals surface area contributed by atoms with Gasteiger partial charge in [0, 0.05) is 0 Å². The molecule has 0 nitrogen and oxygen atoms in total. The first kappa shape index (κ1) is 49.6. The first-order valence-corrected chi connectivity index (χ1v) is 30.3. The second-order valence-corrected chi connectivity index (χ2v) is 24.3. The molecule has 64 heavy (non-hydrogen) atoms. The van der Waals surface area contributed by atoms with E-state index in [1.807, 2.05) is 6.07 Å². The Bertz CT molecular complexity index is 2580. The molecule has 8 aromatic rings. The second kappa shape index (κ2) is 22.6. The van der Waals surface area contributed by atoms with Crippen molar-refractivity contribution in [3.8, 4) is 33.4 Å². The first-order chi connectivity index (χ1) is 30.6. The number of hydrogen-bond donors (Lipinski definition) is 0. The van der Waals surface area contributed by atoms with Crippen molar-refractivity contribution in [1.29, 1.82) is 0 Å². The molecule has 0 amide bonds. The Morgan fingerprint density at radius 2 is 0.953 bits per heavy atom. The minimum absolute atomic E-state index is 0.522. The van der Waals surface area contributed by atoms with Gasteiger partial charge in [0.05, 0.1) is 9.52 Å². The van der Waals surface area contributed by atoms with E-state index in [1.165, 1.54) is 110 Å². The van der Waals surface area contributed by atoms with Crippen LogP contribution in [0.5, 0.6) is 0 Å². The summed E-state index contributed by atoms with van der Waals surface area (Å²) in [6.45, 7) is 27.1. The van der Waals surface area contributed by atoms with E-state index in [0.717, 1.165) is 22.4 Å². The van der Waals surface area contributed by atoms with Crippen LogP contribution in [0.3, 0.4) is 0 Å².